The van der Waals surface area contributed by atoms with Crippen LogP contribution in [-0.2, 0) is 9.53 Å². The molecule has 1 aromatic heterocycles. The van der Waals surface area contributed by atoms with Gasteiger partial charge in [0.1, 0.15) is 11.5 Å². The fourth-order valence-corrected chi connectivity index (χ4v) is 3.08. The summed E-state index contributed by atoms with van der Waals surface area (Å²) in [7, 11) is 1.65. The van der Waals surface area contributed by atoms with Crippen LogP contribution in [0, 0.1) is 13.8 Å². The van der Waals surface area contributed by atoms with Gasteiger partial charge in [-0.2, -0.15) is 0 Å². The molecular weight excluding hydrogens is 308 g/mol. The van der Waals surface area contributed by atoms with Gasteiger partial charge in [-0.3, -0.25) is 9.59 Å². The van der Waals surface area contributed by atoms with E-state index in [-0.39, 0.29) is 11.8 Å². The van der Waals surface area contributed by atoms with Crippen molar-refractivity contribution in [1.29, 1.82) is 0 Å². The highest BCUT2D eigenvalue weighted by Crippen LogP contribution is 2.17. The Morgan fingerprint density at radius 2 is 1.96 bits per heavy atom. The van der Waals surface area contributed by atoms with E-state index >= 15 is 0 Å². The number of nitrogens with zero attached hydrogens (tertiary/aromatic N) is 2. The number of furan rings is 1. The van der Waals surface area contributed by atoms with E-state index in [9.17, 15) is 9.59 Å². The van der Waals surface area contributed by atoms with Crippen LogP contribution in [0.3, 0.4) is 0 Å². The molecule has 1 aliphatic rings. The predicted molar refractivity (Wildman–Crippen MR) is 91.0 cm³/mol. The minimum absolute atomic E-state index is 0.0744. The quantitative estimate of drug-likeness (QED) is 0.684. The van der Waals surface area contributed by atoms with Crippen molar-refractivity contribution in [2.24, 2.45) is 0 Å². The Balaban J connectivity index is 1.99. The summed E-state index contributed by atoms with van der Waals surface area (Å²) >= 11 is 0. The van der Waals surface area contributed by atoms with E-state index in [0.29, 0.717) is 37.4 Å². The summed E-state index contributed by atoms with van der Waals surface area (Å²) in [5, 5.41) is 0. The Morgan fingerprint density at radius 3 is 2.54 bits per heavy atom. The second-order valence-corrected chi connectivity index (χ2v) is 6.30. The third kappa shape index (κ3) is 4.84. The van der Waals surface area contributed by atoms with Gasteiger partial charge in [-0.15, -0.1) is 0 Å². The van der Waals surface area contributed by atoms with E-state index in [4.69, 9.17) is 9.15 Å². The van der Waals surface area contributed by atoms with Crippen molar-refractivity contribution in [2.75, 3.05) is 39.9 Å². The highest BCUT2D eigenvalue weighted by Gasteiger charge is 2.23. The van der Waals surface area contributed by atoms with E-state index in [2.05, 4.69) is 0 Å². The molecule has 0 N–H and O–H groups in total. The van der Waals surface area contributed by atoms with E-state index < -0.39 is 0 Å². The fourth-order valence-electron chi connectivity index (χ4n) is 3.08. The van der Waals surface area contributed by atoms with Gasteiger partial charge >= 0.3 is 0 Å². The van der Waals surface area contributed by atoms with Crippen LogP contribution in [0.5, 0.6) is 0 Å². The molecule has 2 rings (SSSR count). The average Bonchev–Trinajstić information content (AvgIpc) is 3.19. The molecule has 0 atom stereocenters. The summed E-state index contributed by atoms with van der Waals surface area (Å²) in [4.78, 5) is 28.7. The molecule has 1 saturated heterocycles. The van der Waals surface area contributed by atoms with Gasteiger partial charge < -0.3 is 19.0 Å². The zero-order valence-electron chi connectivity index (χ0n) is 15.0. The predicted octanol–water partition coefficient (Wildman–Crippen LogP) is 2.39. The van der Waals surface area contributed by atoms with Crippen molar-refractivity contribution in [3.63, 3.8) is 0 Å². The summed E-state index contributed by atoms with van der Waals surface area (Å²) in [6, 6.07) is 1.77. The first kappa shape index (κ1) is 18.5. The fraction of sp³-hybridized carbons (Fsp3) is 0.667. The summed E-state index contributed by atoms with van der Waals surface area (Å²) < 4.78 is 10.6. The number of hydrogen-bond acceptors (Lipinski definition) is 4. The lowest BCUT2D eigenvalue weighted by Crippen LogP contribution is -2.37. The van der Waals surface area contributed by atoms with E-state index in [0.717, 1.165) is 38.1 Å². The number of ether oxygens (including phenoxy) is 1. The summed E-state index contributed by atoms with van der Waals surface area (Å²) in [6.07, 6.45) is 3.27. The van der Waals surface area contributed by atoms with Gasteiger partial charge in [0, 0.05) is 46.3 Å². The number of methoxy groups -OCH3 is 1. The Morgan fingerprint density at radius 1 is 1.25 bits per heavy atom. The van der Waals surface area contributed by atoms with Crippen molar-refractivity contribution < 1.29 is 18.7 Å². The van der Waals surface area contributed by atoms with Crippen LogP contribution >= 0.6 is 0 Å². The van der Waals surface area contributed by atoms with Gasteiger partial charge in [0.05, 0.1) is 5.56 Å². The van der Waals surface area contributed by atoms with Crippen molar-refractivity contribution >= 4 is 11.8 Å². The number of likely N-dealkylation sites (tertiary alicyclic amines) is 1. The largest absolute Gasteiger partial charge is 0.466 e. The normalized spacial score (nSPS) is 14.2. The van der Waals surface area contributed by atoms with E-state index in [1.165, 1.54) is 0 Å². The molecular formula is C18H28N2O4. The maximum absolute atomic E-state index is 12.8. The summed E-state index contributed by atoms with van der Waals surface area (Å²) in [5.74, 6) is 1.41. The molecule has 6 heteroatoms. The van der Waals surface area contributed by atoms with Crippen LogP contribution in [0.1, 0.15) is 47.6 Å². The molecule has 0 spiro atoms. The van der Waals surface area contributed by atoms with Crippen LogP contribution in [0.25, 0.3) is 0 Å². The third-order valence-corrected chi connectivity index (χ3v) is 4.39. The Labute approximate surface area is 143 Å². The first-order valence-electron chi connectivity index (χ1n) is 8.66. The molecule has 6 nitrogen and oxygen atoms in total. The van der Waals surface area contributed by atoms with Gasteiger partial charge in [0.15, 0.2) is 0 Å². The number of carbonyl (C=O) groups excluding carboxylic acids is 2. The monoisotopic (exact) mass is 336 g/mol. The minimum atomic E-state index is -0.0744. The zero-order valence-corrected chi connectivity index (χ0v) is 15.0. The van der Waals surface area contributed by atoms with Crippen molar-refractivity contribution in [3.05, 3.63) is 23.2 Å². The molecule has 0 radical (unpaired) electrons. The first-order chi connectivity index (χ1) is 11.5. The Hall–Kier alpha value is -1.82. The molecule has 0 aromatic carbocycles. The van der Waals surface area contributed by atoms with Gasteiger partial charge in [0.2, 0.25) is 5.91 Å². The highest BCUT2D eigenvalue weighted by atomic mass is 16.5. The molecule has 2 heterocycles. The summed E-state index contributed by atoms with van der Waals surface area (Å²) in [6.45, 7) is 6.91. The lowest BCUT2D eigenvalue weighted by Gasteiger charge is -2.24. The Bertz CT molecular complexity index is 561. The second-order valence-electron chi connectivity index (χ2n) is 6.30. The molecule has 24 heavy (non-hydrogen) atoms. The number of rotatable bonds is 8. The lowest BCUT2D eigenvalue weighted by molar-refractivity contribution is -0.130. The molecule has 0 bridgehead atoms. The molecule has 0 unspecified atom stereocenters. The van der Waals surface area contributed by atoms with Gasteiger partial charge in [0.25, 0.3) is 5.91 Å². The van der Waals surface area contributed by atoms with Gasteiger partial charge in [-0.1, -0.05) is 0 Å². The van der Waals surface area contributed by atoms with E-state index in [1.54, 1.807) is 25.0 Å². The minimum Gasteiger partial charge on any atom is -0.466 e. The smallest absolute Gasteiger partial charge is 0.257 e. The number of amides is 2. The van der Waals surface area contributed by atoms with Crippen molar-refractivity contribution in [3.8, 4) is 0 Å². The maximum atomic E-state index is 12.8. The topological polar surface area (TPSA) is 63.0 Å². The first-order valence-corrected chi connectivity index (χ1v) is 8.66. The highest BCUT2D eigenvalue weighted by molar-refractivity contribution is 5.95. The van der Waals surface area contributed by atoms with Crippen molar-refractivity contribution in [2.45, 2.75) is 39.5 Å². The van der Waals surface area contributed by atoms with Crippen molar-refractivity contribution in [1.82, 2.24) is 9.80 Å². The average molecular weight is 336 g/mol. The second kappa shape index (κ2) is 8.87. The molecule has 1 aliphatic heterocycles. The molecule has 2 amide bonds. The standard InChI is InChI=1S/C18H28N2O4/c1-14-13-16(15(2)24-14)18(22)20(10-6-12-23-3)11-7-17(21)19-8-4-5-9-19/h13H,4-12H2,1-3H3. The van der Waals surface area contributed by atoms with Gasteiger partial charge in [-0.25, -0.2) is 0 Å². The van der Waals surface area contributed by atoms with Crippen LogP contribution in [0.2, 0.25) is 0 Å². The molecule has 0 aliphatic carbocycles. The number of aryl methyl sites for hydroxylation is 2. The molecule has 134 valence electrons. The SMILES string of the molecule is COCCCN(CCC(=O)N1CCCC1)C(=O)c1cc(C)oc1C. The number of carbonyl (C=O) groups is 2. The zero-order chi connectivity index (χ0) is 17.5. The van der Waals surface area contributed by atoms with Crippen LogP contribution < -0.4 is 0 Å². The van der Waals surface area contributed by atoms with E-state index in [1.807, 2.05) is 11.8 Å². The van der Waals surface area contributed by atoms with Crippen LogP contribution in [-0.4, -0.2) is 61.5 Å². The lowest BCUT2D eigenvalue weighted by atomic mass is 10.2. The molecule has 1 fully saturated rings. The third-order valence-electron chi connectivity index (χ3n) is 4.39. The molecule has 0 saturated carbocycles. The maximum Gasteiger partial charge on any atom is 0.257 e. The molecule has 1 aromatic rings. The van der Waals surface area contributed by atoms with Gasteiger partial charge in [-0.05, 0) is 39.2 Å². The van der Waals surface area contributed by atoms with Crippen LogP contribution in [0.4, 0.5) is 0 Å². The Kier molecular flexibility index (Phi) is 6.85. The summed E-state index contributed by atoms with van der Waals surface area (Å²) in [5.41, 5.74) is 0.582. The van der Waals surface area contributed by atoms with Crippen LogP contribution in [0.15, 0.2) is 10.5 Å². The number of hydrogen-bond donors (Lipinski definition) is 0.